The van der Waals surface area contributed by atoms with E-state index in [1.807, 2.05) is 19.2 Å². The molecule has 0 fully saturated rings. The van der Waals surface area contributed by atoms with Gasteiger partial charge in [0.15, 0.2) is 0 Å². The number of halogens is 6. The molecule has 13 heteroatoms. The van der Waals surface area contributed by atoms with Gasteiger partial charge in [-0.25, -0.2) is 19.7 Å². The lowest BCUT2D eigenvalue weighted by Crippen LogP contribution is -2.21. The van der Waals surface area contributed by atoms with Gasteiger partial charge in [-0.3, -0.25) is 4.57 Å². The third-order valence-electron chi connectivity index (χ3n) is 4.45. The van der Waals surface area contributed by atoms with Crippen molar-refractivity contribution in [3.05, 3.63) is 58.9 Å². The lowest BCUT2D eigenvalue weighted by molar-refractivity contribution is -0.143. The number of imidazole rings is 1. The Labute approximate surface area is 177 Å². The number of aryl methyl sites for hydroxylation is 2. The van der Waals surface area contributed by atoms with E-state index < -0.39 is 35.2 Å². The molecule has 7 nitrogen and oxygen atoms in total. The molecule has 0 saturated heterocycles. The predicted molar refractivity (Wildman–Crippen MR) is 102 cm³/mol. The lowest BCUT2D eigenvalue weighted by Gasteiger charge is -2.15. The minimum Gasteiger partial charge on any atom is -0.308 e. The maximum atomic E-state index is 12.9. The summed E-state index contributed by atoms with van der Waals surface area (Å²) < 4.78 is 79.3. The summed E-state index contributed by atoms with van der Waals surface area (Å²) in [7, 11) is 0. The fraction of sp³-hybridized carbons (Fsp3) is 0.263. The maximum Gasteiger partial charge on any atom is 0.416 e. The molecule has 170 valence electrons. The van der Waals surface area contributed by atoms with Gasteiger partial charge in [-0.05, 0) is 39.0 Å². The monoisotopic (exact) mass is 458 g/mol. The van der Waals surface area contributed by atoms with E-state index in [4.69, 9.17) is 0 Å². The number of carbonyl (C=O) groups excluding carboxylic acids is 1. The molecule has 0 aliphatic rings. The molecular weight excluding hydrogens is 442 g/mol. The standard InChI is InChI=1S/C19H16F6N6O/c1-9-10(2)31(11(3)28-9)16-26-7-15(8-27-16)30-17(32)29-14-5-12(18(20,21)22)4-13(6-14)19(23,24)25/h4-8H,1-3H3,(H2,29,30,32). The quantitative estimate of drug-likeness (QED) is 0.524. The summed E-state index contributed by atoms with van der Waals surface area (Å²) in [6.07, 6.45) is -7.58. The van der Waals surface area contributed by atoms with Gasteiger partial charge in [-0.15, -0.1) is 0 Å². The normalized spacial score (nSPS) is 12.0. The van der Waals surface area contributed by atoms with Crippen LogP contribution in [-0.4, -0.2) is 25.6 Å². The first kappa shape index (κ1) is 23.0. The highest BCUT2D eigenvalue weighted by Crippen LogP contribution is 2.37. The molecule has 0 radical (unpaired) electrons. The van der Waals surface area contributed by atoms with Crippen molar-refractivity contribution in [2.45, 2.75) is 33.1 Å². The number of urea groups is 1. The fourth-order valence-corrected chi connectivity index (χ4v) is 2.89. The van der Waals surface area contributed by atoms with Crippen molar-refractivity contribution in [3.8, 4) is 5.95 Å². The fourth-order valence-electron chi connectivity index (χ4n) is 2.89. The van der Waals surface area contributed by atoms with Crippen LogP contribution in [-0.2, 0) is 12.4 Å². The van der Waals surface area contributed by atoms with E-state index in [-0.39, 0.29) is 17.7 Å². The SMILES string of the molecule is Cc1nc(C)n(-c2ncc(NC(=O)Nc3cc(C(F)(F)F)cc(C(F)(F)F)c3)cn2)c1C. The molecular formula is C19H16F6N6O. The number of anilines is 2. The van der Waals surface area contributed by atoms with Crippen molar-refractivity contribution in [1.29, 1.82) is 0 Å². The van der Waals surface area contributed by atoms with Crippen molar-refractivity contribution < 1.29 is 31.1 Å². The summed E-state index contributed by atoms with van der Waals surface area (Å²) in [5.74, 6) is 0.919. The van der Waals surface area contributed by atoms with Gasteiger partial charge in [-0.2, -0.15) is 26.3 Å². The summed E-state index contributed by atoms with van der Waals surface area (Å²) in [5.41, 5.74) is -2.10. The molecule has 0 aliphatic carbocycles. The van der Waals surface area contributed by atoms with Crippen molar-refractivity contribution in [3.63, 3.8) is 0 Å². The molecule has 32 heavy (non-hydrogen) atoms. The largest absolute Gasteiger partial charge is 0.416 e. The molecule has 0 spiro atoms. The number of rotatable bonds is 3. The van der Waals surface area contributed by atoms with E-state index in [0.717, 1.165) is 11.4 Å². The number of alkyl halides is 6. The molecule has 0 unspecified atom stereocenters. The molecule has 2 N–H and O–H groups in total. The topological polar surface area (TPSA) is 84.7 Å². The van der Waals surface area contributed by atoms with Crippen LogP contribution in [0.25, 0.3) is 5.95 Å². The number of nitrogens with zero attached hydrogens (tertiary/aromatic N) is 4. The van der Waals surface area contributed by atoms with E-state index in [1.165, 1.54) is 12.4 Å². The van der Waals surface area contributed by atoms with E-state index >= 15 is 0 Å². The minimum atomic E-state index is -5.03. The Bertz CT molecular complexity index is 1120. The predicted octanol–water partition coefficient (Wildman–Crippen LogP) is 5.27. The van der Waals surface area contributed by atoms with Crippen molar-refractivity contribution in [2.75, 3.05) is 10.6 Å². The highest BCUT2D eigenvalue weighted by molar-refractivity contribution is 5.99. The summed E-state index contributed by atoms with van der Waals surface area (Å²) in [6.45, 7) is 5.40. The molecule has 3 rings (SSSR count). The number of carbonyl (C=O) groups is 1. The molecule has 2 aromatic heterocycles. The first-order valence-corrected chi connectivity index (χ1v) is 8.98. The maximum absolute atomic E-state index is 12.9. The van der Waals surface area contributed by atoms with Crippen LogP contribution in [0.5, 0.6) is 0 Å². The molecule has 2 amide bonds. The number of amides is 2. The average Bonchev–Trinajstić information content (AvgIpc) is 2.92. The van der Waals surface area contributed by atoms with Gasteiger partial charge in [0, 0.05) is 11.4 Å². The summed E-state index contributed by atoms with van der Waals surface area (Å²) in [4.78, 5) is 24.6. The summed E-state index contributed by atoms with van der Waals surface area (Å²) in [5, 5.41) is 4.22. The summed E-state index contributed by atoms with van der Waals surface area (Å²) in [6, 6.07) is -0.292. The summed E-state index contributed by atoms with van der Waals surface area (Å²) >= 11 is 0. The van der Waals surface area contributed by atoms with E-state index in [1.54, 1.807) is 11.5 Å². The van der Waals surface area contributed by atoms with Crippen LogP contribution < -0.4 is 10.6 Å². The average molecular weight is 458 g/mol. The van der Waals surface area contributed by atoms with E-state index in [9.17, 15) is 31.1 Å². The third kappa shape index (κ3) is 4.98. The van der Waals surface area contributed by atoms with Crippen LogP contribution in [0.2, 0.25) is 0 Å². The van der Waals surface area contributed by atoms with Crippen LogP contribution in [0.1, 0.15) is 28.3 Å². The van der Waals surface area contributed by atoms with Gasteiger partial charge >= 0.3 is 18.4 Å². The van der Waals surface area contributed by atoms with Crippen molar-refractivity contribution in [2.24, 2.45) is 0 Å². The highest BCUT2D eigenvalue weighted by Gasteiger charge is 2.37. The zero-order valence-electron chi connectivity index (χ0n) is 16.9. The molecule has 0 saturated carbocycles. The van der Waals surface area contributed by atoms with Crippen LogP contribution >= 0.6 is 0 Å². The number of aromatic nitrogens is 4. The molecule has 0 atom stereocenters. The molecule has 0 aliphatic heterocycles. The number of nitrogens with one attached hydrogen (secondary N) is 2. The number of benzene rings is 1. The van der Waals surface area contributed by atoms with Gasteiger partial charge in [0.2, 0.25) is 5.95 Å². The Morgan fingerprint density at radius 2 is 1.34 bits per heavy atom. The second-order valence-corrected chi connectivity index (χ2v) is 6.81. The number of hydrogen-bond acceptors (Lipinski definition) is 4. The Kier molecular flexibility index (Phi) is 5.85. The Hall–Kier alpha value is -3.64. The zero-order chi connectivity index (χ0) is 23.8. The Balaban J connectivity index is 1.78. The molecule has 2 heterocycles. The van der Waals surface area contributed by atoms with Crippen LogP contribution in [0.15, 0.2) is 30.6 Å². The van der Waals surface area contributed by atoms with E-state index in [2.05, 4.69) is 20.3 Å². The lowest BCUT2D eigenvalue weighted by atomic mass is 10.1. The Morgan fingerprint density at radius 3 is 1.78 bits per heavy atom. The minimum absolute atomic E-state index is 0.0303. The van der Waals surface area contributed by atoms with Gasteiger partial charge in [-0.1, -0.05) is 0 Å². The van der Waals surface area contributed by atoms with Crippen LogP contribution in [0.3, 0.4) is 0 Å². The molecule has 0 bridgehead atoms. The second-order valence-electron chi connectivity index (χ2n) is 6.81. The van der Waals surface area contributed by atoms with Crippen LogP contribution in [0.4, 0.5) is 42.5 Å². The first-order valence-electron chi connectivity index (χ1n) is 8.98. The van der Waals surface area contributed by atoms with Gasteiger partial charge in [0.05, 0.1) is 34.9 Å². The van der Waals surface area contributed by atoms with Gasteiger partial charge < -0.3 is 10.6 Å². The van der Waals surface area contributed by atoms with Crippen molar-refractivity contribution >= 4 is 17.4 Å². The van der Waals surface area contributed by atoms with E-state index in [0.29, 0.717) is 18.0 Å². The van der Waals surface area contributed by atoms with Crippen LogP contribution in [0, 0.1) is 20.8 Å². The second kappa shape index (κ2) is 8.13. The van der Waals surface area contributed by atoms with Gasteiger partial charge in [0.25, 0.3) is 0 Å². The zero-order valence-corrected chi connectivity index (χ0v) is 16.9. The number of hydrogen-bond donors (Lipinski definition) is 2. The third-order valence-corrected chi connectivity index (χ3v) is 4.45. The molecule has 3 aromatic rings. The van der Waals surface area contributed by atoms with Gasteiger partial charge in [0.1, 0.15) is 5.82 Å². The van der Waals surface area contributed by atoms with Crippen molar-refractivity contribution in [1.82, 2.24) is 19.5 Å². The first-order chi connectivity index (χ1) is 14.8. The Morgan fingerprint density at radius 1 is 0.844 bits per heavy atom. The molecule has 1 aromatic carbocycles. The smallest absolute Gasteiger partial charge is 0.308 e. The highest BCUT2D eigenvalue weighted by atomic mass is 19.4.